The van der Waals surface area contributed by atoms with E-state index in [1.807, 2.05) is 13.8 Å². The van der Waals surface area contributed by atoms with E-state index in [4.69, 9.17) is 11.5 Å². The number of carbonyl (C=O) groups is 3. The van der Waals surface area contributed by atoms with Gasteiger partial charge >= 0.3 is 12.0 Å². The number of rotatable bonds is 8. The van der Waals surface area contributed by atoms with Gasteiger partial charge in [-0.15, -0.1) is 11.3 Å². The SMILES string of the molecule is CC(C)C[C@@H](Nc1ccc(-c2cc(C(N)=O)c(NC(N)=O)s2)cc1)C(=O)O. The lowest BCUT2D eigenvalue weighted by Gasteiger charge is -2.17. The minimum atomic E-state index is -0.903. The molecule has 27 heavy (non-hydrogen) atoms. The number of thiophene rings is 1. The van der Waals surface area contributed by atoms with Crippen molar-refractivity contribution in [1.29, 1.82) is 0 Å². The Hall–Kier alpha value is -3.07. The lowest BCUT2D eigenvalue weighted by Crippen LogP contribution is -2.30. The minimum Gasteiger partial charge on any atom is -0.480 e. The second-order valence-corrected chi connectivity index (χ2v) is 7.50. The molecule has 0 aliphatic heterocycles. The van der Waals surface area contributed by atoms with Gasteiger partial charge in [0.05, 0.1) is 5.56 Å². The molecule has 1 atom stereocenters. The summed E-state index contributed by atoms with van der Waals surface area (Å²) < 4.78 is 0. The predicted molar refractivity (Wildman–Crippen MR) is 106 cm³/mol. The van der Waals surface area contributed by atoms with E-state index in [0.29, 0.717) is 12.1 Å². The van der Waals surface area contributed by atoms with Crippen LogP contribution in [0.25, 0.3) is 10.4 Å². The summed E-state index contributed by atoms with van der Waals surface area (Å²) >= 11 is 1.18. The van der Waals surface area contributed by atoms with Gasteiger partial charge in [-0.05, 0) is 36.1 Å². The van der Waals surface area contributed by atoms with Crippen molar-refractivity contribution in [2.45, 2.75) is 26.3 Å². The van der Waals surface area contributed by atoms with Crippen LogP contribution in [0.2, 0.25) is 0 Å². The summed E-state index contributed by atoms with van der Waals surface area (Å²) in [5.74, 6) is -1.33. The summed E-state index contributed by atoms with van der Waals surface area (Å²) in [6.07, 6.45) is 0.506. The smallest absolute Gasteiger partial charge is 0.326 e. The zero-order chi connectivity index (χ0) is 20.1. The largest absolute Gasteiger partial charge is 0.480 e. The highest BCUT2D eigenvalue weighted by Gasteiger charge is 2.19. The average Bonchev–Trinajstić information content (AvgIpc) is 2.97. The fourth-order valence-electron chi connectivity index (χ4n) is 2.55. The molecular weight excluding hydrogens is 368 g/mol. The maximum Gasteiger partial charge on any atom is 0.326 e. The standard InChI is InChI=1S/C18H22N4O4S/c1-9(2)7-13(17(24)25)21-11-5-3-10(4-6-11)14-8-12(15(19)23)16(27-14)22-18(20)26/h3-6,8-9,13,21H,7H2,1-2H3,(H2,19,23)(H,24,25)(H3,20,22,26)/t13-/m1/s1. The Morgan fingerprint density at radius 3 is 2.26 bits per heavy atom. The second kappa shape index (κ2) is 8.54. The van der Waals surface area contributed by atoms with Crippen LogP contribution in [0.5, 0.6) is 0 Å². The van der Waals surface area contributed by atoms with E-state index in [1.54, 1.807) is 30.3 Å². The van der Waals surface area contributed by atoms with Gasteiger partial charge in [0.1, 0.15) is 11.0 Å². The molecule has 9 heteroatoms. The van der Waals surface area contributed by atoms with E-state index in [9.17, 15) is 19.5 Å². The number of amides is 3. The van der Waals surface area contributed by atoms with Crippen LogP contribution in [0.3, 0.4) is 0 Å². The number of aliphatic carboxylic acids is 1. The fraction of sp³-hybridized carbons (Fsp3) is 0.278. The molecule has 0 fully saturated rings. The van der Waals surface area contributed by atoms with Crippen molar-refractivity contribution in [2.75, 3.05) is 10.6 Å². The normalized spacial score (nSPS) is 11.8. The molecule has 2 aromatic rings. The van der Waals surface area contributed by atoms with Crippen LogP contribution in [-0.4, -0.2) is 29.1 Å². The molecule has 0 radical (unpaired) electrons. The zero-order valence-electron chi connectivity index (χ0n) is 15.0. The quantitative estimate of drug-likeness (QED) is 0.470. The lowest BCUT2D eigenvalue weighted by molar-refractivity contribution is -0.138. The summed E-state index contributed by atoms with van der Waals surface area (Å²) in [7, 11) is 0. The molecule has 8 nitrogen and oxygen atoms in total. The monoisotopic (exact) mass is 390 g/mol. The number of urea groups is 1. The summed E-state index contributed by atoms with van der Waals surface area (Å²) in [6, 6.07) is 7.23. The Morgan fingerprint density at radius 2 is 1.78 bits per heavy atom. The topological polar surface area (TPSA) is 148 Å². The summed E-state index contributed by atoms with van der Waals surface area (Å²) in [4.78, 5) is 34.7. The molecule has 0 saturated carbocycles. The molecule has 0 aliphatic rings. The molecule has 0 unspecified atom stereocenters. The van der Waals surface area contributed by atoms with Gasteiger partial charge in [-0.3, -0.25) is 10.1 Å². The fourth-order valence-corrected chi connectivity index (χ4v) is 3.62. The first-order chi connectivity index (χ1) is 12.7. The highest BCUT2D eigenvalue weighted by atomic mass is 32.1. The van der Waals surface area contributed by atoms with Gasteiger partial charge in [-0.1, -0.05) is 26.0 Å². The highest BCUT2D eigenvalue weighted by molar-refractivity contribution is 7.20. The van der Waals surface area contributed by atoms with Crippen molar-refractivity contribution < 1.29 is 19.5 Å². The van der Waals surface area contributed by atoms with Crippen molar-refractivity contribution in [3.8, 4) is 10.4 Å². The number of nitrogens with one attached hydrogen (secondary N) is 2. The van der Waals surface area contributed by atoms with Crippen LogP contribution in [-0.2, 0) is 4.79 Å². The van der Waals surface area contributed by atoms with E-state index < -0.39 is 23.9 Å². The van der Waals surface area contributed by atoms with Gasteiger partial charge in [-0.2, -0.15) is 0 Å². The van der Waals surface area contributed by atoms with Crippen molar-refractivity contribution in [3.63, 3.8) is 0 Å². The van der Waals surface area contributed by atoms with Gasteiger partial charge in [0.2, 0.25) is 0 Å². The number of anilines is 2. The number of benzene rings is 1. The molecule has 2 rings (SSSR count). The number of hydrogen-bond donors (Lipinski definition) is 5. The number of carbonyl (C=O) groups excluding carboxylic acids is 2. The Balaban J connectivity index is 2.23. The molecule has 0 saturated heterocycles. The van der Waals surface area contributed by atoms with Crippen LogP contribution in [0.1, 0.15) is 30.6 Å². The summed E-state index contributed by atoms with van der Waals surface area (Å²) in [6.45, 7) is 3.93. The number of primary amides is 2. The summed E-state index contributed by atoms with van der Waals surface area (Å²) in [5, 5.41) is 15.0. The third-order valence-electron chi connectivity index (χ3n) is 3.75. The maximum atomic E-state index is 11.5. The number of carboxylic acids is 1. The van der Waals surface area contributed by atoms with E-state index in [1.165, 1.54) is 11.3 Å². The van der Waals surface area contributed by atoms with Crippen molar-refractivity contribution in [2.24, 2.45) is 17.4 Å². The van der Waals surface area contributed by atoms with Crippen LogP contribution >= 0.6 is 11.3 Å². The predicted octanol–water partition coefficient (Wildman–Crippen LogP) is 2.92. The Bertz CT molecular complexity index is 846. The van der Waals surface area contributed by atoms with Crippen molar-refractivity contribution >= 4 is 39.9 Å². The van der Waals surface area contributed by atoms with Crippen LogP contribution < -0.4 is 22.1 Å². The van der Waals surface area contributed by atoms with E-state index in [2.05, 4.69) is 10.6 Å². The number of nitrogens with two attached hydrogens (primary N) is 2. The van der Waals surface area contributed by atoms with Crippen LogP contribution in [0, 0.1) is 5.92 Å². The second-order valence-electron chi connectivity index (χ2n) is 6.45. The van der Waals surface area contributed by atoms with E-state index in [0.717, 1.165) is 10.4 Å². The molecule has 0 bridgehead atoms. The molecular formula is C18H22N4O4S. The molecule has 1 heterocycles. The molecule has 1 aromatic heterocycles. The van der Waals surface area contributed by atoms with Gasteiger partial charge in [0, 0.05) is 10.6 Å². The first-order valence-corrected chi connectivity index (χ1v) is 9.09. The van der Waals surface area contributed by atoms with Crippen LogP contribution in [0.15, 0.2) is 30.3 Å². The minimum absolute atomic E-state index is 0.180. The molecule has 3 amide bonds. The molecule has 0 spiro atoms. The molecule has 1 aromatic carbocycles. The van der Waals surface area contributed by atoms with Gasteiger partial charge < -0.3 is 21.9 Å². The van der Waals surface area contributed by atoms with Crippen LogP contribution in [0.4, 0.5) is 15.5 Å². The summed E-state index contributed by atoms with van der Waals surface area (Å²) in [5.41, 5.74) is 12.1. The molecule has 0 aliphatic carbocycles. The third kappa shape index (κ3) is 5.45. The Morgan fingerprint density at radius 1 is 1.15 bits per heavy atom. The number of hydrogen-bond acceptors (Lipinski definition) is 5. The Kier molecular flexibility index (Phi) is 6.40. The van der Waals surface area contributed by atoms with Crippen molar-refractivity contribution in [1.82, 2.24) is 0 Å². The van der Waals surface area contributed by atoms with Gasteiger partial charge in [0.15, 0.2) is 0 Å². The van der Waals surface area contributed by atoms with Gasteiger partial charge in [0.25, 0.3) is 5.91 Å². The third-order valence-corrected chi connectivity index (χ3v) is 4.85. The lowest BCUT2D eigenvalue weighted by atomic mass is 10.0. The number of carboxylic acid groups (broad SMARTS) is 1. The van der Waals surface area contributed by atoms with E-state index >= 15 is 0 Å². The maximum absolute atomic E-state index is 11.5. The molecule has 144 valence electrons. The zero-order valence-corrected chi connectivity index (χ0v) is 15.8. The highest BCUT2D eigenvalue weighted by Crippen LogP contribution is 2.35. The molecule has 7 N–H and O–H groups in total. The van der Waals surface area contributed by atoms with Gasteiger partial charge in [-0.25, -0.2) is 9.59 Å². The first kappa shape index (κ1) is 20.2. The first-order valence-electron chi connectivity index (χ1n) is 8.27. The Labute approximate surface area is 160 Å². The van der Waals surface area contributed by atoms with E-state index in [-0.39, 0.29) is 16.5 Å². The average molecular weight is 390 g/mol. The van der Waals surface area contributed by atoms with Crippen molar-refractivity contribution in [3.05, 3.63) is 35.9 Å².